The Kier molecular flexibility index (Phi) is 4.65. The van der Waals surface area contributed by atoms with Gasteiger partial charge in [-0.15, -0.1) is 0 Å². The zero-order valence-electron chi connectivity index (χ0n) is 12.6. The van der Waals surface area contributed by atoms with Crippen LogP contribution in [0.4, 0.5) is 10.5 Å². The summed E-state index contributed by atoms with van der Waals surface area (Å²) in [5, 5.41) is 5.93. The van der Waals surface area contributed by atoms with Gasteiger partial charge in [-0.2, -0.15) is 0 Å². The van der Waals surface area contributed by atoms with E-state index in [-0.39, 0.29) is 17.6 Å². The average Bonchev–Trinajstić information content (AvgIpc) is 2.39. The number of carbonyl (C=O) groups is 1. The predicted octanol–water partition coefficient (Wildman–Crippen LogP) is 3.07. The minimum absolute atomic E-state index is 0.106. The number of rotatable bonds is 2. The number of hydrogen-bond donors (Lipinski definition) is 2. The summed E-state index contributed by atoms with van der Waals surface area (Å²) in [6, 6.07) is 9.71. The number of para-hydroxylation sites is 1. The number of urea groups is 1. The van der Waals surface area contributed by atoms with Crippen molar-refractivity contribution in [3.05, 3.63) is 30.3 Å². The number of hydrogen-bond acceptors (Lipinski definition) is 2. The van der Waals surface area contributed by atoms with E-state index in [0.29, 0.717) is 0 Å². The first-order chi connectivity index (χ1) is 9.45. The first-order valence-corrected chi connectivity index (χ1v) is 7.33. The van der Waals surface area contributed by atoms with E-state index in [1.165, 1.54) is 0 Å². The van der Waals surface area contributed by atoms with Crippen molar-refractivity contribution in [3.8, 4) is 0 Å². The molecule has 1 heterocycles. The van der Waals surface area contributed by atoms with Crippen molar-refractivity contribution < 1.29 is 4.79 Å². The average molecular weight is 275 g/mol. The smallest absolute Gasteiger partial charge is 0.319 e. The van der Waals surface area contributed by atoms with Gasteiger partial charge in [0.1, 0.15) is 0 Å². The van der Waals surface area contributed by atoms with Gasteiger partial charge in [-0.25, -0.2) is 4.79 Å². The van der Waals surface area contributed by atoms with E-state index in [1.807, 2.05) is 30.3 Å². The van der Waals surface area contributed by atoms with E-state index in [9.17, 15) is 4.79 Å². The van der Waals surface area contributed by atoms with Crippen molar-refractivity contribution in [2.45, 2.75) is 45.2 Å². The van der Waals surface area contributed by atoms with Gasteiger partial charge in [-0.3, -0.25) is 4.90 Å². The van der Waals surface area contributed by atoms with E-state index >= 15 is 0 Å². The van der Waals surface area contributed by atoms with E-state index in [1.54, 1.807) is 0 Å². The van der Waals surface area contributed by atoms with Crippen LogP contribution >= 0.6 is 0 Å². The summed E-state index contributed by atoms with van der Waals surface area (Å²) in [4.78, 5) is 14.4. The number of likely N-dealkylation sites (tertiary alicyclic amines) is 1. The number of anilines is 1. The summed E-state index contributed by atoms with van der Waals surface area (Å²) in [7, 11) is 0. The second kappa shape index (κ2) is 6.27. The van der Waals surface area contributed by atoms with Crippen LogP contribution in [-0.2, 0) is 0 Å². The molecule has 0 spiro atoms. The van der Waals surface area contributed by atoms with Gasteiger partial charge in [0.15, 0.2) is 0 Å². The summed E-state index contributed by atoms with van der Waals surface area (Å²) < 4.78 is 0. The van der Waals surface area contributed by atoms with Crippen LogP contribution in [0.15, 0.2) is 30.3 Å². The lowest BCUT2D eigenvalue weighted by molar-refractivity contribution is 0.0983. The molecule has 0 aliphatic carbocycles. The first kappa shape index (κ1) is 14.9. The van der Waals surface area contributed by atoms with Gasteiger partial charge in [-0.1, -0.05) is 18.2 Å². The first-order valence-electron chi connectivity index (χ1n) is 7.33. The Labute approximate surface area is 121 Å². The lowest BCUT2D eigenvalue weighted by Gasteiger charge is -2.40. The summed E-state index contributed by atoms with van der Waals surface area (Å²) >= 11 is 0. The van der Waals surface area contributed by atoms with Crippen LogP contribution in [-0.4, -0.2) is 35.6 Å². The van der Waals surface area contributed by atoms with Crippen LogP contribution in [0.2, 0.25) is 0 Å². The van der Waals surface area contributed by atoms with Crippen LogP contribution in [0, 0.1) is 0 Å². The molecule has 4 heteroatoms. The van der Waals surface area contributed by atoms with Crippen LogP contribution in [0.5, 0.6) is 0 Å². The topological polar surface area (TPSA) is 44.4 Å². The molecule has 0 aromatic heterocycles. The van der Waals surface area contributed by atoms with Crippen LogP contribution in [0.1, 0.15) is 33.6 Å². The molecule has 1 aliphatic rings. The van der Waals surface area contributed by atoms with Gasteiger partial charge >= 0.3 is 6.03 Å². The largest absolute Gasteiger partial charge is 0.335 e. The molecule has 4 nitrogen and oxygen atoms in total. The number of nitrogens with one attached hydrogen (secondary N) is 2. The third-order valence-corrected chi connectivity index (χ3v) is 3.81. The SMILES string of the molecule is CC(C)(C)N1CCC(NC(=O)Nc2ccccc2)CC1. The fourth-order valence-corrected chi connectivity index (χ4v) is 2.57. The summed E-state index contributed by atoms with van der Waals surface area (Å²) in [5.74, 6) is 0. The fraction of sp³-hybridized carbons (Fsp3) is 0.562. The highest BCUT2D eigenvalue weighted by molar-refractivity contribution is 5.89. The van der Waals surface area contributed by atoms with Crippen LogP contribution in [0.25, 0.3) is 0 Å². The molecule has 2 amide bonds. The molecule has 2 N–H and O–H groups in total. The standard InChI is InChI=1S/C16H25N3O/c1-16(2,3)19-11-9-14(10-12-19)18-15(20)17-13-7-5-4-6-8-13/h4-8,14H,9-12H2,1-3H3,(H2,17,18,20). The van der Waals surface area contributed by atoms with Crippen molar-refractivity contribution >= 4 is 11.7 Å². The fourth-order valence-electron chi connectivity index (χ4n) is 2.57. The van der Waals surface area contributed by atoms with Crippen LogP contribution in [0.3, 0.4) is 0 Å². The van der Waals surface area contributed by atoms with E-state index in [4.69, 9.17) is 0 Å². The molecule has 0 unspecified atom stereocenters. The quantitative estimate of drug-likeness (QED) is 0.871. The van der Waals surface area contributed by atoms with E-state index < -0.39 is 0 Å². The number of amides is 2. The molecule has 1 fully saturated rings. The molecule has 0 bridgehead atoms. The molecule has 0 atom stereocenters. The highest BCUT2D eigenvalue weighted by Crippen LogP contribution is 2.20. The molecule has 20 heavy (non-hydrogen) atoms. The normalized spacial score (nSPS) is 17.8. The molecule has 1 aliphatic heterocycles. The van der Waals surface area contributed by atoms with Crippen molar-refractivity contribution in [1.82, 2.24) is 10.2 Å². The minimum Gasteiger partial charge on any atom is -0.335 e. The molecular weight excluding hydrogens is 250 g/mol. The van der Waals surface area contributed by atoms with Gasteiger partial charge < -0.3 is 10.6 Å². The molecule has 2 rings (SSSR count). The second-order valence-electron chi connectivity index (χ2n) is 6.40. The Hall–Kier alpha value is -1.55. The molecular formula is C16H25N3O. The number of piperidine rings is 1. The number of carbonyl (C=O) groups excluding carboxylic acids is 1. The maximum Gasteiger partial charge on any atom is 0.319 e. The van der Waals surface area contributed by atoms with Gasteiger partial charge in [0.05, 0.1) is 0 Å². The van der Waals surface area contributed by atoms with E-state index in [2.05, 4.69) is 36.3 Å². The number of benzene rings is 1. The molecule has 1 aromatic rings. The Morgan fingerprint density at radius 2 is 1.75 bits per heavy atom. The molecule has 1 aromatic carbocycles. The monoisotopic (exact) mass is 275 g/mol. The Morgan fingerprint density at radius 3 is 2.30 bits per heavy atom. The predicted molar refractivity (Wildman–Crippen MR) is 82.9 cm³/mol. The summed E-state index contributed by atoms with van der Waals surface area (Å²) in [5.41, 5.74) is 1.05. The van der Waals surface area contributed by atoms with Gasteiger partial charge in [0.2, 0.25) is 0 Å². The van der Waals surface area contributed by atoms with Gasteiger partial charge in [0, 0.05) is 30.4 Å². The third kappa shape index (κ3) is 4.23. The molecule has 110 valence electrons. The van der Waals surface area contributed by atoms with Crippen molar-refractivity contribution in [2.75, 3.05) is 18.4 Å². The molecule has 0 radical (unpaired) electrons. The highest BCUT2D eigenvalue weighted by Gasteiger charge is 2.27. The van der Waals surface area contributed by atoms with Crippen molar-refractivity contribution in [2.24, 2.45) is 0 Å². The maximum atomic E-state index is 11.9. The van der Waals surface area contributed by atoms with Gasteiger partial charge in [-0.05, 0) is 45.7 Å². The zero-order chi connectivity index (χ0) is 14.6. The lowest BCUT2D eigenvalue weighted by atomic mass is 9.98. The minimum atomic E-state index is -0.106. The van der Waals surface area contributed by atoms with Gasteiger partial charge in [0.25, 0.3) is 0 Å². The Bertz CT molecular complexity index is 431. The Morgan fingerprint density at radius 1 is 1.15 bits per heavy atom. The summed E-state index contributed by atoms with van der Waals surface area (Å²) in [6.07, 6.45) is 2.03. The third-order valence-electron chi connectivity index (χ3n) is 3.81. The lowest BCUT2D eigenvalue weighted by Crippen LogP contribution is -2.51. The number of nitrogens with zero attached hydrogens (tertiary/aromatic N) is 1. The van der Waals surface area contributed by atoms with Crippen molar-refractivity contribution in [1.29, 1.82) is 0 Å². The van der Waals surface area contributed by atoms with Crippen molar-refractivity contribution in [3.63, 3.8) is 0 Å². The molecule has 0 saturated carbocycles. The second-order valence-corrected chi connectivity index (χ2v) is 6.40. The Balaban J connectivity index is 1.77. The van der Waals surface area contributed by atoms with E-state index in [0.717, 1.165) is 31.6 Å². The highest BCUT2D eigenvalue weighted by atomic mass is 16.2. The maximum absolute atomic E-state index is 11.9. The van der Waals surface area contributed by atoms with Crippen LogP contribution < -0.4 is 10.6 Å². The summed E-state index contributed by atoms with van der Waals surface area (Å²) in [6.45, 7) is 8.80. The molecule has 1 saturated heterocycles. The zero-order valence-corrected chi connectivity index (χ0v) is 12.6.